The fraction of sp³-hybridized carbons (Fsp3) is 0.929. The molecule has 1 saturated carbocycles. The molecule has 1 atom stereocenters. The van der Waals surface area contributed by atoms with Gasteiger partial charge in [0.05, 0.1) is 0 Å². The lowest BCUT2D eigenvalue weighted by Gasteiger charge is -2.29. The molecule has 1 aliphatic heterocycles. The molecular formula is C14H27ClN2O. The number of hydrogen-bond acceptors (Lipinski definition) is 2. The van der Waals surface area contributed by atoms with Crippen molar-refractivity contribution < 1.29 is 4.79 Å². The fourth-order valence-electron chi connectivity index (χ4n) is 3.49. The van der Waals surface area contributed by atoms with E-state index in [1.165, 1.54) is 38.5 Å². The molecule has 1 saturated heterocycles. The fourth-order valence-corrected chi connectivity index (χ4v) is 3.49. The Morgan fingerprint density at radius 3 is 2.61 bits per heavy atom. The molecule has 1 amide bonds. The largest absolute Gasteiger partial charge is 0.339 e. The van der Waals surface area contributed by atoms with Crippen LogP contribution in [0.4, 0.5) is 0 Å². The number of nitrogens with zero attached hydrogens (tertiary/aromatic N) is 1. The Bertz CT molecular complexity index is 254. The third-order valence-electron chi connectivity index (χ3n) is 4.38. The van der Waals surface area contributed by atoms with Crippen molar-refractivity contribution in [2.24, 2.45) is 5.92 Å². The third kappa shape index (κ3) is 3.86. The van der Waals surface area contributed by atoms with E-state index < -0.39 is 0 Å². The van der Waals surface area contributed by atoms with Gasteiger partial charge in [-0.3, -0.25) is 4.79 Å². The summed E-state index contributed by atoms with van der Waals surface area (Å²) in [5.74, 6) is 1.21. The van der Waals surface area contributed by atoms with Crippen LogP contribution in [0.25, 0.3) is 0 Å². The molecule has 2 fully saturated rings. The highest BCUT2D eigenvalue weighted by Crippen LogP contribution is 2.35. The molecule has 2 aliphatic rings. The number of rotatable bonds is 5. The molecule has 0 spiro atoms. The highest BCUT2D eigenvalue weighted by atomic mass is 35.5. The smallest absolute Gasteiger partial charge is 0.222 e. The zero-order valence-corrected chi connectivity index (χ0v) is 12.3. The number of hydrogen-bond donors (Lipinski definition) is 1. The summed E-state index contributed by atoms with van der Waals surface area (Å²) in [6.45, 7) is 1.97. The molecule has 0 aromatic rings. The molecule has 1 aliphatic carbocycles. The molecule has 4 heteroatoms. The van der Waals surface area contributed by atoms with Gasteiger partial charge in [0.1, 0.15) is 0 Å². The molecule has 18 heavy (non-hydrogen) atoms. The van der Waals surface area contributed by atoms with Crippen molar-refractivity contribution in [1.29, 1.82) is 0 Å². The van der Waals surface area contributed by atoms with Crippen molar-refractivity contribution >= 4 is 18.3 Å². The van der Waals surface area contributed by atoms with E-state index >= 15 is 0 Å². The standard InChI is InChI=1S/C14H26N2O.ClH/c1-15-10-4-9-14(17)16-11-5-8-13(16)12-6-2-3-7-12;/h12-13,15H,2-11H2,1H3;1H. The molecule has 0 aromatic heterocycles. The second-order valence-electron chi connectivity index (χ2n) is 5.55. The van der Waals surface area contributed by atoms with E-state index in [4.69, 9.17) is 0 Å². The van der Waals surface area contributed by atoms with Crippen LogP contribution in [0, 0.1) is 5.92 Å². The van der Waals surface area contributed by atoms with Gasteiger partial charge >= 0.3 is 0 Å². The maximum absolute atomic E-state index is 12.2. The van der Waals surface area contributed by atoms with Gasteiger partial charge in [0.15, 0.2) is 0 Å². The molecular weight excluding hydrogens is 248 g/mol. The van der Waals surface area contributed by atoms with Crippen LogP contribution in [0.15, 0.2) is 0 Å². The summed E-state index contributed by atoms with van der Waals surface area (Å²) in [7, 11) is 1.95. The first-order valence-electron chi connectivity index (χ1n) is 7.27. The van der Waals surface area contributed by atoms with Crippen molar-refractivity contribution in [3.63, 3.8) is 0 Å². The Labute approximate surface area is 117 Å². The summed E-state index contributed by atoms with van der Waals surface area (Å²) in [6, 6.07) is 0.583. The van der Waals surface area contributed by atoms with Crippen molar-refractivity contribution in [1.82, 2.24) is 10.2 Å². The van der Waals surface area contributed by atoms with E-state index in [1.54, 1.807) is 0 Å². The lowest BCUT2D eigenvalue weighted by molar-refractivity contribution is -0.133. The van der Waals surface area contributed by atoms with Crippen LogP contribution < -0.4 is 5.32 Å². The average molecular weight is 275 g/mol. The lowest BCUT2D eigenvalue weighted by atomic mass is 9.96. The molecule has 1 N–H and O–H groups in total. The molecule has 1 heterocycles. The van der Waals surface area contributed by atoms with Gasteiger partial charge in [-0.2, -0.15) is 0 Å². The summed E-state index contributed by atoms with van der Waals surface area (Å²) >= 11 is 0. The minimum atomic E-state index is 0. The molecule has 3 nitrogen and oxygen atoms in total. The number of halogens is 1. The van der Waals surface area contributed by atoms with Gasteiger partial charge in [-0.05, 0) is 51.6 Å². The van der Waals surface area contributed by atoms with Crippen LogP contribution >= 0.6 is 12.4 Å². The Kier molecular flexibility index (Phi) is 7.02. The highest BCUT2D eigenvalue weighted by molar-refractivity contribution is 5.85. The number of nitrogens with one attached hydrogen (secondary N) is 1. The number of carbonyl (C=O) groups excluding carboxylic acids is 1. The van der Waals surface area contributed by atoms with Crippen molar-refractivity contribution in [2.45, 2.75) is 57.4 Å². The summed E-state index contributed by atoms with van der Waals surface area (Å²) in [5.41, 5.74) is 0. The van der Waals surface area contributed by atoms with Gasteiger partial charge in [-0.1, -0.05) is 12.8 Å². The SMILES string of the molecule is CNCCCC(=O)N1CCCC1C1CCCC1.Cl. The van der Waals surface area contributed by atoms with Gasteiger partial charge in [-0.15, -0.1) is 12.4 Å². The highest BCUT2D eigenvalue weighted by Gasteiger charge is 2.35. The number of likely N-dealkylation sites (tertiary alicyclic amines) is 1. The summed E-state index contributed by atoms with van der Waals surface area (Å²) in [5, 5.41) is 3.11. The van der Waals surface area contributed by atoms with E-state index in [9.17, 15) is 4.79 Å². The Balaban J connectivity index is 0.00000162. The minimum Gasteiger partial charge on any atom is -0.339 e. The molecule has 1 unspecified atom stereocenters. The maximum atomic E-state index is 12.2. The molecule has 2 rings (SSSR count). The topological polar surface area (TPSA) is 32.3 Å². The zero-order valence-electron chi connectivity index (χ0n) is 11.5. The summed E-state index contributed by atoms with van der Waals surface area (Å²) in [6.07, 6.45) is 9.64. The second-order valence-corrected chi connectivity index (χ2v) is 5.55. The van der Waals surface area contributed by atoms with Crippen LogP contribution in [0.5, 0.6) is 0 Å². The van der Waals surface area contributed by atoms with Gasteiger partial charge in [-0.25, -0.2) is 0 Å². The first-order chi connectivity index (χ1) is 8.33. The van der Waals surface area contributed by atoms with Crippen LogP contribution in [0.3, 0.4) is 0 Å². The van der Waals surface area contributed by atoms with Crippen LogP contribution in [-0.4, -0.2) is 37.0 Å². The third-order valence-corrected chi connectivity index (χ3v) is 4.38. The lowest BCUT2D eigenvalue weighted by Crippen LogP contribution is -2.39. The quantitative estimate of drug-likeness (QED) is 0.782. The second kappa shape index (κ2) is 8.00. The summed E-state index contributed by atoms with van der Waals surface area (Å²) < 4.78 is 0. The number of amides is 1. The zero-order chi connectivity index (χ0) is 12.1. The Morgan fingerprint density at radius 1 is 1.22 bits per heavy atom. The Morgan fingerprint density at radius 2 is 1.94 bits per heavy atom. The monoisotopic (exact) mass is 274 g/mol. The van der Waals surface area contributed by atoms with Crippen LogP contribution in [-0.2, 0) is 4.79 Å². The van der Waals surface area contributed by atoms with E-state index in [1.807, 2.05) is 7.05 Å². The van der Waals surface area contributed by atoms with E-state index in [0.29, 0.717) is 11.9 Å². The summed E-state index contributed by atoms with van der Waals surface area (Å²) in [4.78, 5) is 14.4. The van der Waals surface area contributed by atoms with Crippen molar-refractivity contribution in [2.75, 3.05) is 20.1 Å². The van der Waals surface area contributed by atoms with Crippen molar-refractivity contribution in [3.05, 3.63) is 0 Å². The van der Waals surface area contributed by atoms with Gasteiger partial charge in [0.2, 0.25) is 5.91 Å². The first kappa shape index (κ1) is 15.8. The average Bonchev–Trinajstić information content (AvgIpc) is 2.99. The minimum absolute atomic E-state index is 0. The molecule has 0 aromatic carbocycles. The van der Waals surface area contributed by atoms with Gasteiger partial charge in [0.25, 0.3) is 0 Å². The van der Waals surface area contributed by atoms with Gasteiger partial charge in [0, 0.05) is 19.0 Å². The Hall–Kier alpha value is -0.280. The van der Waals surface area contributed by atoms with Crippen LogP contribution in [0.2, 0.25) is 0 Å². The molecule has 0 bridgehead atoms. The normalized spacial score (nSPS) is 24.3. The van der Waals surface area contributed by atoms with Gasteiger partial charge < -0.3 is 10.2 Å². The molecule has 0 radical (unpaired) electrons. The maximum Gasteiger partial charge on any atom is 0.222 e. The van der Waals surface area contributed by atoms with E-state index in [0.717, 1.165) is 31.8 Å². The van der Waals surface area contributed by atoms with E-state index in [2.05, 4.69) is 10.2 Å². The van der Waals surface area contributed by atoms with Crippen LogP contribution in [0.1, 0.15) is 51.4 Å². The predicted molar refractivity (Wildman–Crippen MR) is 77.1 cm³/mol. The van der Waals surface area contributed by atoms with Crippen molar-refractivity contribution in [3.8, 4) is 0 Å². The molecule has 106 valence electrons. The van der Waals surface area contributed by atoms with E-state index in [-0.39, 0.29) is 12.4 Å². The number of carbonyl (C=O) groups is 1. The predicted octanol–water partition coefficient (Wildman–Crippen LogP) is 2.59. The first-order valence-corrected chi connectivity index (χ1v) is 7.27.